The fourth-order valence-electron chi connectivity index (χ4n) is 1.39. The zero-order valence-corrected chi connectivity index (χ0v) is 10.1. The van der Waals surface area contributed by atoms with Crippen molar-refractivity contribution in [1.82, 2.24) is 15.4 Å². The van der Waals surface area contributed by atoms with Gasteiger partial charge < -0.3 is 21.9 Å². The third kappa shape index (κ3) is 2.01. The maximum atomic E-state index is 9.63. The lowest BCUT2D eigenvalue weighted by Gasteiger charge is -2.31. The first-order chi connectivity index (χ1) is 8.52. The molecule has 0 fully saturated rings. The van der Waals surface area contributed by atoms with Crippen molar-refractivity contribution in [3.05, 3.63) is 45.7 Å². The number of rotatable bonds is 3. The molecule has 0 bridgehead atoms. The van der Waals surface area contributed by atoms with E-state index in [0.717, 1.165) is 5.56 Å². The van der Waals surface area contributed by atoms with Gasteiger partial charge >= 0.3 is 0 Å². The van der Waals surface area contributed by atoms with Crippen molar-refractivity contribution in [2.45, 2.75) is 6.54 Å². The molecule has 2 heterocycles. The van der Waals surface area contributed by atoms with E-state index in [9.17, 15) is 15.5 Å². The van der Waals surface area contributed by atoms with Gasteiger partial charge in [0.05, 0.1) is 0 Å². The number of nitrogens with two attached hydrogens (primary N) is 2. The number of hydrogen-bond donors (Lipinski definition) is 6. The lowest BCUT2D eigenvalue weighted by Crippen LogP contribution is -2.44. The molecule has 0 saturated heterocycles. The van der Waals surface area contributed by atoms with Crippen molar-refractivity contribution < 1.29 is 15.5 Å². The predicted octanol–water partition coefficient (Wildman–Crippen LogP) is -0.0377. The molecule has 0 saturated carbocycles. The molecule has 0 amide bonds. The van der Waals surface area contributed by atoms with Crippen LogP contribution in [0, 0.1) is 0 Å². The quantitative estimate of drug-likeness (QED) is 0.451. The van der Waals surface area contributed by atoms with E-state index in [2.05, 4.69) is 5.32 Å². The standard InChI is InChI=1S/C9H13N5O3S/c10-6-8(12-3-5-1-2-18-4-5)14(17)9(15)7(11)13(6)16/h1-2,4,12,15-17H,3,10-11H2. The monoisotopic (exact) mass is 271 g/mol. The van der Waals surface area contributed by atoms with Crippen LogP contribution in [-0.4, -0.2) is 25.6 Å². The van der Waals surface area contributed by atoms with Gasteiger partial charge in [0.2, 0.25) is 0 Å². The lowest BCUT2D eigenvalue weighted by atomic mass is 10.3. The lowest BCUT2D eigenvalue weighted by molar-refractivity contribution is -0.112. The molecular weight excluding hydrogens is 258 g/mol. The molecule has 98 valence electrons. The summed E-state index contributed by atoms with van der Waals surface area (Å²) in [5, 5.41) is 36.0. The van der Waals surface area contributed by atoms with Crippen LogP contribution in [0.4, 0.5) is 0 Å². The molecule has 1 aromatic heterocycles. The zero-order chi connectivity index (χ0) is 13.3. The van der Waals surface area contributed by atoms with E-state index in [1.54, 1.807) is 0 Å². The highest BCUT2D eigenvalue weighted by Gasteiger charge is 2.29. The van der Waals surface area contributed by atoms with Gasteiger partial charge in [-0.2, -0.15) is 21.5 Å². The molecule has 2 rings (SSSR count). The topological polar surface area (TPSA) is 131 Å². The fourth-order valence-corrected chi connectivity index (χ4v) is 2.06. The minimum absolute atomic E-state index is 0.0598. The van der Waals surface area contributed by atoms with E-state index in [0.29, 0.717) is 16.7 Å². The molecule has 1 aliphatic heterocycles. The van der Waals surface area contributed by atoms with E-state index in [4.69, 9.17) is 11.5 Å². The van der Waals surface area contributed by atoms with Crippen LogP contribution in [0.15, 0.2) is 40.2 Å². The smallest absolute Gasteiger partial charge is 0.261 e. The average molecular weight is 271 g/mol. The second-order valence-corrected chi connectivity index (χ2v) is 4.33. The molecule has 1 aliphatic rings. The first-order valence-electron chi connectivity index (χ1n) is 4.93. The molecule has 0 aromatic carbocycles. The van der Waals surface area contributed by atoms with Gasteiger partial charge in [-0.15, -0.1) is 0 Å². The largest absolute Gasteiger partial charge is 0.490 e. The van der Waals surface area contributed by atoms with Gasteiger partial charge in [0.15, 0.2) is 17.5 Å². The molecular formula is C9H13N5O3S. The second kappa shape index (κ2) is 4.64. The van der Waals surface area contributed by atoms with Gasteiger partial charge in [0.25, 0.3) is 5.88 Å². The number of nitrogens with one attached hydrogen (secondary N) is 1. The predicted molar refractivity (Wildman–Crippen MR) is 63.5 cm³/mol. The maximum absolute atomic E-state index is 9.63. The summed E-state index contributed by atoms with van der Waals surface area (Å²) in [6, 6.07) is 1.89. The summed E-state index contributed by atoms with van der Waals surface area (Å²) in [6.45, 7) is 0.373. The van der Waals surface area contributed by atoms with Crippen molar-refractivity contribution in [2.24, 2.45) is 11.5 Å². The maximum Gasteiger partial charge on any atom is 0.261 e. The SMILES string of the molecule is NC1=C(O)N(O)C(NCc2ccsc2)=C(N)N1O. The van der Waals surface area contributed by atoms with E-state index in [-0.39, 0.29) is 11.6 Å². The first-order valence-corrected chi connectivity index (χ1v) is 5.88. The van der Waals surface area contributed by atoms with Crippen LogP contribution in [0.1, 0.15) is 5.56 Å². The highest BCUT2D eigenvalue weighted by Crippen LogP contribution is 2.20. The normalized spacial score (nSPS) is 16.6. The third-order valence-corrected chi connectivity index (χ3v) is 3.11. The molecule has 18 heavy (non-hydrogen) atoms. The Balaban J connectivity index is 2.16. The van der Waals surface area contributed by atoms with Gasteiger partial charge in [-0.3, -0.25) is 10.4 Å². The van der Waals surface area contributed by atoms with E-state index >= 15 is 0 Å². The zero-order valence-electron chi connectivity index (χ0n) is 9.24. The molecule has 8 N–H and O–H groups in total. The van der Waals surface area contributed by atoms with Crippen LogP contribution in [0.3, 0.4) is 0 Å². The average Bonchev–Trinajstić information content (AvgIpc) is 2.87. The number of hydrogen-bond acceptors (Lipinski definition) is 9. The number of aliphatic hydroxyl groups excluding tert-OH is 1. The Morgan fingerprint density at radius 1 is 1.22 bits per heavy atom. The van der Waals surface area contributed by atoms with Gasteiger partial charge in [0, 0.05) is 6.54 Å². The third-order valence-electron chi connectivity index (χ3n) is 2.38. The number of hydroxylamine groups is 4. The minimum Gasteiger partial charge on any atom is -0.490 e. The molecule has 0 radical (unpaired) electrons. The molecule has 1 aromatic rings. The first kappa shape index (κ1) is 12.4. The summed E-state index contributed by atoms with van der Waals surface area (Å²) < 4.78 is 0. The van der Waals surface area contributed by atoms with Crippen molar-refractivity contribution in [2.75, 3.05) is 0 Å². The Morgan fingerprint density at radius 3 is 2.56 bits per heavy atom. The van der Waals surface area contributed by atoms with E-state index in [1.165, 1.54) is 11.3 Å². The van der Waals surface area contributed by atoms with Crippen LogP contribution < -0.4 is 16.8 Å². The molecule has 9 heteroatoms. The minimum atomic E-state index is -0.709. The highest BCUT2D eigenvalue weighted by atomic mass is 32.1. The summed E-state index contributed by atoms with van der Waals surface area (Å²) >= 11 is 1.53. The van der Waals surface area contributed by atoms with Crippen LogP contribution in [0.2, 0.25) is 0 Å². The fraction of sp³-hybridized carbons (Fsp3) is 0.111. The Hall–Kier alpha value is -2.10. The molecule has 0 unspecified atom stereocenters. The molecule has 0 aliphatic carbocycles. The summed E-state index contributed by atoms with van der Waals surface area (Å²) in [4.78, 5) is 0. The summed E-state index contributed by atoms with van der Waals surface area (Å²) in [7, 11) is 0. The van der Waals surface area contributed by atoms with Crippen molar-refractivity contribution in [3.63, 3.8) is 0 Å². The van der Waals surface area contributed by atoms with Gasteiger partial charge in [-0.1, -0.05) is 0 Å². The Labute approximate surface area is 107 Å². The van der Waals surface area contributed by atoms with Gasteiger partial charge in [-0.05, 0) is 22.4 Å². The Bertz CT molecular complexity index is 498. The van der Waals surface area contributed by atoms with Crippen molar-refractivity contribution >= 4 is 11.3 Å². The Kier molecular flexibility index (Phi) is 3.19. The number of nitrogens with zero attached hydrogens (tertiary/aromatic N) is 2. The second-order valence-electron chi connectivity index (χ2n) is 3.55. The number of aliphatic hydroxyl groups is 1. The van der Waals surface area contributed by atoms with Crippen molar-refractivity contribution in [1.29, 1.82) is 0 Å². The summed E-state index contributed by atoms with van der Waals surface area (Å²) in [5.74, 6) is -1.45. The summed E-state index contributed by atoms with van der Waals surface area (Å²) in [6.07, 6.45) is 0. The molecule has 0 atom stereocenters. The van der Waals surface area contributed by atoms with Crippen LogP contribution in [0.25, 0.3) is 0 Å². The van der Waals surface area contributed by atoms with Crippen LogP contribution in [0.5, 0.6) is 0 Å². The highest BCUT2D eigenvalue weighted by molar-refractivity contribution is 7.07. The molecule has 8 nitrogen and oxygen atoms in total. The van der Waals surface area contributed by atoms with Crippen LogP contribution >= 0.6 is 11.3 Å². The van der Waals surface area contributed by atoms with Crippen molar-refractivity contribution in [3.8, 4) is 0 Å². The van der Waals surface area contributed by atoms with Gasteiger partial charge in [0.1, 0.15) is 0 Å². The molecule has 0 spiro atoms. The van der Waals surface area contributed by atoms with Crippen LogP contribution in [-0.2, 0) is 6.54 Å². The van der Waals surface area contributed by atoms with E-state index in [1.807, 2.05) is 16.8 Å². The Morgan fingerprint density at radius 2 is 1.94 bits per heavy atom. The summed E-state index contributed by atoms with van der Waals surface area (Å²) in [5.41, 5.74) is 11.9. The van der Waals surface area contributed by atoms with E-state index < -0.39 is 11.7 Å². The van der Waals surface area contributed by atoms with Gasteiger partial charge in [-0.25, -0.2) is 0 Å². The number of thiophene rings is 1.